The number of guanidine groups is 1. The molecule has 8 heteroatoms. The maximum atomic E-state index is 7.48. The van der Waals surface area contributed by atoms with E-state index in [0.717, 1.165) is 52.6 Å². The number of nitrogens with zero attached hydrogens (tertiary/aromatic N) is 3. The van der Waals surface area contributed by atoms with E-state index < -0.39 is 0 Å². The fourth-order valence-corrected chi connectivity index (χ4v) is 4.46. The SMILES string of the molecule is Cc1nn(CCc2ccccc2)c2c1C(=NNC(=N)N)CC(c1ccccc1Cl)C2.Cl. The largest absolute Gasteiger partial charge is 0.369 e. The number of hydrazone groups is 1. The molecule has 0 saturated heterocycles. The van der Waals surface area contributed by atoms with Crippen LogP contribution in [0.4, 0.5) is 0 Å². The molecule has 2 aromatic carbocycles. The van der Waals surface area contributed by atoms with Gasteiger partial charge in [-0.25, -0.2) is 5.43 Å². The van der Waals surface area contributed by atoms with Crippen LogP contribution in [0.15, 0.2) is 59.7 Å². The van der Waals surface area contributed by atoms with Gasteiger partial charge in [-0.3, -0.25) is 10.1 Å². The fraction of sp³-hybridized carbons (Fsp3) is 0.261. The third-order valence-electron chi connectivity index (χ3n) is 5.51. The third kappa shape index (κ3) is 5.09. The molecule has 0 aliphatic heterocycles. The van der Waals surface area contributed by atoms with E-state index in [4.69, 9.17) is 27.8 Å². The molecule has 1 unspecified atom stereocenters. The maximum Gasteiger partial charge on any atom is 0.206 e. The molecule has 0 bridgehead atoms. The van der Waals surface area contributed by atoms with E-state index in [0.29, 0.717) is 6.42 Å². The Morgan fingerprint density at radius 2 is 1.90 bits per heavy atom. The van der Waals surface area contributed by atoms with Crippen LogP contribution in [0.3, 0.4) is 0 Å². The Bertz CT molecular complexity index is 1090. The van der Waals surface area contributed by atoms with Crippen molar-refractivity contribution in [2.75, 3.05) is 0 Å². The molecule has 162 valence electrons. The zero-order valence-corrected chi connectivity index (χ0v) is 18.9. The molecule has 6 nitrogen and oxygen atoms in total. The number of halogens is 2. The molecule has 1 aromatic heterocycles. The summed E-state index contributed by atoms with van der Waals surface area (Å²) in [4.78, 5) is 0. The molecule has 0 fully saturated rings. The van der Waals surface area contributed by atoms with Crippen LogP contribution in [0.1, 0.15) is 40.4 Å². The van der Waals surface area contributed by atoms with Crippen molar-refractivity contribution in [1.29, 1.82) is 5.41 Å². The molecular formula is C23H26Cl2N6. The molecule has 1 atom stereocenters. The highest BCUT2D eigenvalue weighted by Gasteiger charge is 2.31. The summed E-state index contributed by atoms with van der Waals surface area (Å²) in [6.45, 7) is 2.81. The van der Waals surface area contributed by atoms with E-state index in [-0.39, 0.29) is 24.3 Å². The Balaban J connectivity index is 0.00000272. The van der Waals surface area contributed by atoms with Crippen LogP contribution >= 0.6 is 24.0 Å². The topological polar surface area (TPSA) is 92.1 Å². The molecule has 4 N–H and O–H groups in total. The number of rotatable bonds is 5. The van der Waals surface area contributed by atoms with Gasteiger partial charge >= 0.3 is 0 Å². The fourth-order valence-electron chi connectivity index (χ4n) is 4.17. The van der Waals surface area contributed by atoms with Crippen molar-refractivity contribution in [3.63, 3.8) is 0 Å². The highest BCUT2D eigenvalue weighted by molar-refractivity contribution is 6.31. The predicted octanol–water partition coefficient (Wildman–Crippen LogP) is 4.43. The van der Waals surface area contributed by atoms with Gasteiger partial charge in [0.2, 0.25) is 5.96 Å². The summed E-state index contributed by atoms with van der Waals surface area (Å²) in [5, 5.41) is 17.5. The number of fused-ring (bicyclic) bond motifs is 1. The molecule has 4 rings (SSSR count). The zero-order valence-electron chi connectivity index (χ0n) is 17.3. The number of aryl methyl sites for hydroxylation is 3. The average molecular weight is 457 g/mol. The molecule has 0 saturated carbocycles. The first-order chi connectivity index (χ1) is 14.5. The zero-order chi connectivity index (χ0) is 21.1. The number of nitrogens with one attached hydrogen (secondary N) is 2. The van der Waals surface area contributed by atoms with Crippen LogP contribution < -0.4 is 11.2 Å². The number of hydrogen-bond acceptors (Lipinski definition) is 3. The van der Waals surface area contributed by atoms with Crippen molar-refractivity contribution in [3.05, 3.63) is 87.7 Å². The lowest BCUT2D eigenvalue weighted by Crippen LogP contribution is -2.29. The van der Waals surface area contributed by atoms with Gasteiger partial charge in [-0.2, -0.15) is 10.2 Å². The monoisotopic (exact) mass is 456 g/mol. The van der Waals surface area contributed by atoms with Gasteiger partial charge in [-0.15, -0.1) is 12.4 Å². The Labute approximate surface area is 193 Å². The first-order valence-corrected chi connectivity index (χ1v) is 10.4. The number of nitrogens with two attached hydrogens (primary N) is 1. The van der Waals surface area contributed by atoms with Crippen LogP contribution in [-0.4, -0.2) is 21.5 Å². The second-order valence-electron chi connectivity index (χ2n) is 7.58. The molecule has 1 aliphatic carbocycles. The molecule has 31 heavy (non-hydrogen) atoms. The number of benzene rings is 2. The van der Waals surface area contributed by atoms with Gasteiger partial charge in [-0.1, -0.05) is 60.1 Å². The minimum absolute atomic E-state index is 0. The molecule has 3 aromatic rings. The number of hydrogen-bond donors (Lipinski definition) is 3. The van der Waals surface area contributed by atoms with Crippen molar-refractivity contribution in [2.24, 2.45) is 10.8 Å². The van der Waals surface area contributed by atoms with Gasteiger partial charge in [0, 0.05) is 22.8 Å². The summed E-state index contributed by atoms with van der Waals surface area (Å²) >= 11 is 6.51. The normalized spacial score (nSPS) is 16.5. The Morgan fingerprint density at radius 1 is 1.19 bits per heavy atom. The quantitative estimate of drug-likeness (QED) is 0.301. The first-order valence-electron chi connectivity index (χ1n) is 10.0. The first kappa shape index (κ1) is 22.8. The third-order valence-corrected chi connectivity index (χ3v) is 5.86. The summed E-state index contributed by atoms with van der Waals surface area (Å²) in [5.41, 5.74) is 14.5. The highest BCUT2D eigenvalue weighted by Crippen LogP contribution is 2.37. The van der Waals surface area contributed by atoms with Gasteiger partial charge < -0.3 is 5.73 Å². The summed E-state index contributed by atoms with van der Waals surface area (Å²) in [6.07, 6.45) is 2.46. The van der Waals surface area contributed by atoms with Crippen LogP contribution in [0, 0.1) is 12.3 Å². The standard InChI is InChI=1S/C23H25ClN6.ClH/c1-15-22-20(27-28-23(25)26)13-17(18-9-5-6-10-19(18)24)14-21(22)30(29-15)12-11-16-7-3-2-4-8-16;/h2-10,17H,11-14H2,1H3,(H4,25,26,28);1H. The average Bonchev–Trinajstić information content (AvgIpc) is 3.07. The lowest BCUT2D eigenvalue weighted by atomic mass is 9.81. The van der Waals surface area contributed by atoms with Crippen LogP contribution in [-0.2, 0) is 19.4 Å². The van der Waals surface area contributed by atoms with E-state index >= 15 is 0 Å². The number of aromatic nitrogens is 2. The second-order valence-corrected chi connectivity index (χ2v) is 7.98. The second kappa shape index (κ2) is 9.98. The molecule has 0 radical (unpaired) electrons. The molecule has 1 aliphatic rings. The van der Waals surface area contributed by atoms with E-state index in [1.54, 1.807) is 0 Å². The smallest absolute Gasteiger partial charge is 0.206 e. The minimum atomic E-state index is -0.182. The molecule has 0 amide bonds. The minimum Gasteiger partial charge on any atom is -0.369 e. The van der Waals surface area contributed by atoms with Gasteiger partial charge in [0.1, 0.15) is 0 Å². The van der Waals surface area contributed by atoms with Gasteiger partial charge in [-0.05, 0) is 49.3 Å². The van der Waals surface area contributed by atoms with Gasteiger partial charge in [0.05, 0.1) is 11.4 Å². The van der Waals surface area contributed by atoms with Crippen LogP contribution in [0.2, 0.25) is 5.02 Å². The van der Waals surface area contributed by atoms with Crippen molar-refractivity contribution in [2.45, 2.75) is 38.6 Å². The van der Waals surface area contributed by atoms with E-state index in [2.05, 4.69) is 45.5 Å². The summed E-state index contributed by atoms with van der Waals surface area (Å²) < 4.78 is 2.10. The summed E-state index contributed by atoms with van der Waals surface area (Å²) in [6, 6.07) is 18.4. The lowest BCUT2D eigenvalue weighted by molar-refractivity contribution is 0.554. The van der Waals surface area contributed by atoms with E-state index in [9.17, 15) is 0 Å². The highest BCUT2D eigenvalue weighted by atomic mass is 35.5. The van der Waals surface area contributed by atoms with Crippen molar-refractivity contribution >= 4 is 35.7 Å². The van der Waals surface area contributed by atoms with Gasteiger partial charge in [0.15, 0.2) is 0 Å². The van der Waals surface area contributed by atoms with E-state index in [1.165, 1.54) is 5.56 Å². The summed E-state index contributed by atoms with van der Waals surface area (Å²) in [7, 11) is 0. The van der Waals surface area contributed by atoms with E-state index in [1.807, 2.05) is 31.2 Å². The predicted molar refractivity (Wildman–Crippen MR) is 128 cm³/mol. The molecular weight excluding hydrogens is 431 g/mol. The molecule has 0 spiro atoms. The van der Waals surface area contributed by atoms with Gasteiger partial charge in [0.25, 0.3) is 0 Å². The van der Waals surface area contributed by atoms with Crippen LogP contribution in [0.5, 0.6) is 0 Å². The van der Waals surface area contributed by atoms with Crippen LogP contribution in [0.25, 0.3) is 0 Å². The Morgan fingerprint density at radius 3 is 2.61 bits per heavy atom. The van der Waals surface area contributed by atoms with Crippen molar-refractivity contribution in [3.8, 4) is 0 Å². The van der Waals surface area contributed by atoms with Crippen molar-refractivity contribution in [1.82, 2.24) is 15.2 Å². The van der Waals surface area contributed by atoms with Crippen molar-refractivity contribution < 1.29 is 0 Å². The maximum absolute atomic E-state index is 7.48. The summed E-state index contributed by atoms with van der Waals surface area (Å²) in [5.74, 6) is 0.00308. The molecule has 1 heterocycles. The Kier molecular flexibility index (Phi) is 7.36. The Hall–Kier alpha value is -2.83. The lowest BCUT2D eigenvalue weighted by Gasteiger charge is -2.26.